The van der Waals surface area contributed by atoms with Crippen LogP contribution in [0.5, 0.6) is 0 Å². The molecule has 1 aliphatic heterocycles. The largest absolute Gasteiger partial charge is 0.481 e. The summed E-state index contributed by atoms with van der Waals surface area (Å²) in [6.07, 6.45) is 4.81. The Kier molecular flexibility index (Phi) is 4.76. The van der Waals surface area contributed by atoms with Gasteiger partial charge in [-0.15, -0.1) is 0 Å². The number of carboxylic acid groups (broad SMARTS) is 1. The fourth-order valence-corrected chi connectivity index (χ4v) is 2.70. The number of carbonyl (C=O) groups excluding carboxylic acids is 1. The number of aryl methyl sites for hydroxylation is 1. The molecule has 110 valence electrons. The first-order valence-electron chi connectivity index (χ1n) is 7.04. The lowest BCUT2D eigenvalue weighted by Gasteiger charge is -2.32. The van der Waals surface area contributed by atoms with Gasteiger partial charge in [0.2, 0.25) is 5.91 Å². The smallest absolute Gasteiger partial charge is 0.303 e. The zero-order chi connectivity index (χ0) is 14.5. The van der Waals surface area contributed by atoms with E-state index < -0.39 is 5.97 Å². The number of hydrogen-bond acceptors (Lipinski definition) is 3. The number of carboxylic acids is 1. The molecule has 2 N–H and O–H groups in total. The van der Waals surface area contributed by atoms with E-state index in [0.717, 1.165) is 43.6 Å². The molecule has 1 fully saturated rings. The summed E-state index contributed by atoms with van der Waals surface area (Å²) < 4.78 is 0. The van der Waals surface area contributed by atoms with E-state index in [0.29, 0.717) is 5.92 Å². The fraction of sp³-hybridized carbons (Fsp3) is 0.643. The monoisotopic (exact) mass is 279 g/mol. The first kappa shape index (κ1) is 14.6. The van der Waals surface area contributed by atoms with Crippen LogP contribution in [0.3, 0.4) is 0 Å². The zero-order valence-corrected chi connectivity index (χ0v) is 11.8. The van der Waals surface area contributed by atoms with Crippen molar-refractivity contribution in [2.75, 3.05) is 13.1 Å². The normalized spacial score (nSPS) is 19.1. The van der Waals surface area contributed by atoms with Crippen LogP contribution >= 0.6 is 0 Å². The molecule has 20 heavy (non-hydrogen) atoms. The summed E-state index contributed by atoms with van der Waals surface area (Å²) in [5, 5.41) is 15.7. The topological polar surface area (TPSA) is 86.3 Å². The van der Waals surface area contributed by atoms with E-state index in [-0.39, 0.29) is 18.7 Å². The molecule has 1 amide bonds. The van der Waals surface area contributed by atoms with Crippen LogP contribution in [0.25, 0.3) is 0 Å². The van der Waals surface area contributed by atoms with Crippen LogP contribution < -0.4 is 0 Å². The third-order valence-electron chi connectivity index (χ3n) is 3.85. The molecule has 6 nitrogen and oxygen atoms in total. The van der Waals surface area contributed by atoms with Crippen molar-refractivity contribution in [1.29, 1.82) is 0 Å². The lowest BCUT2D eigenvalue weighted by molar-refractivity contribution is -0.141. The van der Waals surface area contributed by atoms with E-state index in [4.69, 9.17) is 5.11 Å². The number of nitrogens with zero attached hydrogens (tertiary/aromatic N) is 2. The van der Waals surface area contributed by atoms with E-state index in [1.54, 1.807) is 0 Å². The van der Waals surface area contributed by atoms with Gasteiger partial charge in [-0.25, -0.2) is 0 Å². The maximum Gasteiger partial charge on any atom is 0.303 e. The molecule has 0 aromatic carbocycles. The lowest BCUT2D eigenvalue weighted by atomic mass is 9.92. The molecule has 1 aromatic heterocycles. The Morgan fingerprint density at radius 2 is 2.30 bits per heavy atom. The molecule has 6 heteroatoms. The van der Waals surface area contributed by atoms with Crippen molar-refractivity contribution in [2.45, 2.75) is 39.0 Å². The minimum Gasteiger partial charge on any atom is -0.481 e. The predicted molar refractivity (Wildman–Crippen MR) is 73.2 cm³/mol. The second-order valence-corrected chi connectivity index (χ2v) is 5.48. The summed E-state index contributed by atoms with van der Waals surface area (Å²) in [6.45, 7) is 3.49. The summed E-state index contributed by atoms with van der Waals surface area (Å²) in [5.41, 5.74) is 2.29. The van der Waals surface area contributed by atoms with Crippen LogP contribution in [0.15, 0.2) is 6.20 Å². The predicted octanol–water partition coefficient (Wildman–Crippen LogP) is 1.36. The van der Waals surface area contributed by atoms with E-state index in [2.05, 4.69) is 10.2 Å². The lowest BCUT2D eigenvalue weighted by Crippen LogP contribution is -2.40. The standard InChI is InChI=1S/C14H21N3O3/c1-10-8-15-16-12(10)7-11-3-2-6-17(9-11)13(18)4-5-14(19)20/h8,11H,2-7,9H2,1H3,(H,15,16)(H,19,20)/t11-/m1/s1. The minimum atomic E-state index is -0.917. The first-order valence-corrected chi connectivity index (χ1v) is 7.04. The van der Waals surface area contributed by atoms with Crippen LogP contribution in [0, 0.1) is 12.8 Å². The number of likely N-dealkylation sites (tertiary alicyclic amines) is 1. The van der Waals surface area contributed by atoms with Gasteiger partial charge >= 0.3 is 5.97 Å². The minimum absolute atomic E-state index is 0.0431. The van der Waals surface area contributed by atoms with Crippen LogP contribution in [0.4, 0.5) is 0 Å². The Morgan fingerprint density at radius 1 is 1.50 bits per heavy atom. The number of nitrogens with one attached hydrogen (secondary N) is 1. The average Bonchev–Trinajstić information content (AvgIpc) is 2.82. The van der Waals surface area contributed by atoms with Gasteiger partial charge in [0.1, 0.15) is 0 Å². The van der Waals surface area contributed by atoms with E-state index in [1.165, 1.54) is 0 Å². The van der Waals surface area contributed by atoms with Gasteiger partial charge in [-0.1, -0.05) is 0 Å². The molecule has 1 aromatic rings. The quantitative estimate of drug-likeness (QED) is 0.852. The van der Waals surface area contributed by atoms with Gasteiger partial charge in [0, 0.05) is 25.2 Å². The number of rotatable bonds is 5. The molecule has 2 heterocycles. The molecule has 1 saturated heterocycles. The molecule has 2 rings (SSSR count). The number of piperidine rings is 1. The third-order valence-corrected chi connectivity index (χ3v) is 3.85. The number of hydrogen-bond donors (Lipinski definition) is 2. The van der Waals surface area contributed by atoms with Gasteiger partial charge in [0.25, 0.3) is 0 Å². The molecule has 0 saturated carbocycles. The van der Waals surface area contributed by atoms with Crippen molar-refractivity contribution in [1.82, 2.24) is 15.1 Å². The highest BCUT2D eigenvalue weighted by molar-refractivity contribution is 5.80. The number of aliphatic carboxylic acids is 1. The maximum absolute atomic E-state index is 12.0. The van der Waals surface area contributed by atoms with E-state index in [9.17, 15) is 9.59 Å². The Morgan fingerprint density at radius 3 is 2.95 bits per heavy atom. The number of H-pyrrole nitrogens is 1. The van der Waals surface area contributed by atoms with Crippen molar-refractivity contribution in [3.63, 3.8) is 0 Å². The van der Waals surface area contributed by atoms with Gasteiger partial charge in [0.05, 0.1) is 12.6 Å². The van der Waals surface area contributed by atoms with Crippen molar-refractivity contribution in [2.24, 2.45) is 5.92 Å². The third kappa shape index (κ3) is 3.82. The van der Waals surface area contributed by atoms with E-state index in [1.807, 2.05) is 18.0 Å². The van der Waals surface area contributed by atoms with Gasteiger partial charge in [0.15, 0.2) is 0 Å². The van der Waals surface area contributed by atoms with Crippen molar-refractivity contribution < 1.29 is 14.7 Å². The summed E-state index contributed by atoms with van der Waals surface area (Å²) in [7, 11) is 0. The number of aromatic amines is 1. The molecule has 1 atom stereocenters. The molecular formula is C14H21N3O3. The van der Waals surface area contributed by atoms with E-state index >= 15 is 0 Å². The Bertz CT molecular complexity index is 484. The SMILES string of the molecule is Cc1cn[nH]c1C[C@H]1CCCN(C(=O)CCC(=O)O)C1. The van der Waals surface area contributed by atoms with Gasteiger partial charge in [-0.2, -0.15) is 5.10 Å². The number of aromatic nitrogens is 2. The van der Waals surface area contributed by atoms with Crippen LogP contribution in [0.1, 0.15) is 36.9 Å². The first-order chi connectivity index (χ1) is 9.56. The number of amides is 1. The molecule has 0 bridgehead atoms. The highest BCUT2D eigenvalue weighted by Gasteiger charge is 2.24. The van der Waals surface area contributed by atoms with Crippen LogP contribution in [-0.2, 0) is 16.0 Å². The van der Waals surface area contributed by atoms with Crippen LogP contribution in [0.2, 0.25) is 0 Å². The summed E-state index contributed by atoms with van der Waals surface area (Å²) in [6, 6.07) is 0. The van der Waals surface area contributed by atoms with Gasteiger partial charge in [-0.05, 0) is 37.7 Å². The Labute approximate surface area is 118 Å². The summed E-state index contributed by atoms with van der Waals surface area (Å²) in [4.78, 5) is 24.3. The summed E-state index contributed by atoms with van der Waals surface area (Å²) in [5.74, 6) is -0.532. The highest BCUT2D eigenvalue weighted by atomic mass is 16.4. The molecule has 0 unspecified atom stereocenters. The number of carbonyl (C=O) groups is 2. The van der Waals surface area contributed by atoms with Crippen molar-refractivity contribution in [3.05, 3.63) is 17.5 Å². The Hall–Kier alpha value is -1.85. The molecule has 0 spiro atoms. The second kappa shape index (κ2) is 6.54. The fourth-order valence-electron chi connectivity index (χ4n) is 2.70. The zero-order valence-electron chi connectivity index (χ0n) is 11.8. The Balaban J connectivity index is 1.86. The summed E-state index contributed by atoms with van der Waals surface area (Å²) >= 11 is 0. The highest BCUT2D eigenvalue weighted by Crippen LogP contribution is 2.22. The van der Waals surface area contributed by atoms with Gasteiger partial charge < -0.3 is 10.0 Å². The second-order valence-electron chi connectivity index (χ2n) is 5.48. The average molecular weight is 279 g/mol. The van der Waals surface area contributed by atoms with Crippen molar-refractivity contribution in [3.8, 4) is 0 Å². The molecule has 0 radical (unpaired) electrons. The van der Waals surface area contributed by atoms with Crippen molar-refractivity contribution >= 4 is 11.9 Å². The van der Waals surface area contributed by atoms with Crippen LogP contribution in [-0.4, -0.2) is 45.2 Å². The molecular weight excluding hydrogens is 258 g/mol. The maximum atomic E-state index is 12.0. The molecule has 0 aliphatic carbocycles. The van der Waals surface area contributed by atoms with Gasteiger partial charge in [-0.3, -0.25) is 14.7 Å². The molecule has 1 aliphatic rings.